The second kappa shape index (κ2) is 8.03. The second-order valence-corrected chi connectivity index (χ2v) is 6.52. The summed E-state index contributed by atoms with van der Waals surface area (Å²) < 4.78 is 15.9. The fourth-order valence-electron chi connectivity index (χ4n) is 3.08. The van der Waals surface area contributed by atoms with Gasteiger partial charge in [0.2, 0.25) is 5.89 Å². The first-order valence-corrected chi connectivity index (χ1v) is 8.61. The second-order valence-electron chi connectivity index (χ2n) is 6.08. The van der Waals surface area contributed by atoms with Crippen molar-refractivity contribution in [3.8, 4) is 11.5 Å². The maximum absolute atomic E-state index is 6.21. The Morgan fingerprint density at radius 3 is 2.32 bits per heavy atom. The van der Waals surface area contributed by atoms with Crippen molar-refractivity contribution in [2.24, 2.45) is 0 Å². The quantitative estimate of drug-likeness (QED) is 0.777. The molecule has 1 aliphatic heterocycles. The molecule has 0 bridgehead atoms. The summed E-state index contributed by atoms with van der Waals surface area (Å²) in [6.07, 6.45) is 0. The Morgan fingerprint density at radius 2 is 1.76 bits per heavy atom. The van der Waals surface area contributed by atoms with E-state index in [4.69, 9.17) is 25.6 Å². The van der Waals surface area contributed by atoms with Crippen LogP contribution in [0, 0.1) is 6.92 Å². The van der Waals surface area contributed by atoms with Gasteiger partial charge in [-0.1, -0.05) is 16.8 Å². The standard InChI is InChI=1S/C17H23ClN4O3/c1-12-19-16(20-25-12)11-22-6-4-21(5-7-22)10-13-8-14(18)9-15(23-2)17(13)24-3/h8-9H,4-7,10-11H2,1-3H3. The van der Waals surface area contributed by atoms with E-state index in [1.807, 2.05) is 6.07 Å². The molecule has 1 aromatic heterocycles. The summed E-state index contributed by atoms with van der Waals surface area (Å²) in [7, 11) is 3.27. The van der Waals surface area contributed by atoms with Gasteiger partial charge in [0.1, 0.15) is 0 Å². The number of hydrogen-bond acceptors (Lipinski definition) is 7. The topological polar surface area (TPSA) is 63.9 Å². The van der Waals surface area contributed by atoms with Crippen molar-refractivity contribution >= 4 is 11.6 Å². The number of aryl methyl sites for hydroxylation is 1. The Morgan fingerprint density at radius 1 is 1.08 bits per heavy atom. The molecule has 0 amide bonds. The predicted molar refractivity (Wildman–Crippen MR) is 94.1 cm³/mol. The van der Waals surface area contributed by atoms with Crippen molar-refractivity contribution in [2.45, 2.75) is 20.0 Å². The molecule has 25 heavy (non-hydrogen) atoms. The molecule has 0 spiro atoms. The molecule has 2 aromatic rings. The molecule has 136 valence electrons. The number of benzene rings is 1. The van der Waals surface area contributed by atoms with Gasteiger partial charge in [0.15, 0.2) is 17.3 Å². The van der Waals surface area contributed by atoms with Crippen LogP contribution in [-0.4, -0.2) is 60.3 Å². The Labute approximate surface area is 152 Å². The highest BCUT2D eigenvalue weighted by Gasteiger charge is 2.21. The zero-order chi connectivity index (χ0) is 17.8. The van der Waals surface area contributed by atoms with Crippen molar-refractivity contribution in [2.75, 3.05) is 40.4 Å². The number of halogens is 1. The molecule has 8 heteroatoms. The fraction of sp³-hybridized carbons (Fsp3) is 0.529. The van der Waals surface area contributed by atoms with E-state index < -0.39 is 0 Å². The number of rotatable bonds is 6. The lowest BCUT2D eigenvalue weighted by Crippen LogP contribution is -2.45. The molecule has 0 saturated carbocycles. The first-order chi connectivity index (χ1) is 12.1. The van der Waals surface area contributed by atoms with E-state index in [1.54, 1.807) is 27.2 Å². The molecule has 0 unspecified atom stereocenters. The molecular weight excluding hydrogens is 344 g/mol. The molecule has 1 aliphatic rings. The number of aromatic nitrogens is 2. The van der Waals surface area contributed by atoms with E-state index in [0.29, 0.717) is 16.7 Å². The Bertz CT molecular complexity index is 714. The van der Waals surface area contributed by atoms with Gasteiger partial charge in [0.05, 0.1) is 20.8 Å². The summed E-state index contributed by atoms with van der Waals surface area (Å²) in [6, 6.07) is 3.71. The number of methoxy groups -OCH3 is 2. The lowest BCUT2D eigenvalue weighted by atomic mass is 10.1. The minimum Gasteiger partial charge on any atom is -0.493 e. The maximum Gasteiger partial charge on any atom is 0.223 e. The zero-order valence-corrected chi connectivity index (χ0v) is 15.5. The van der Waals surface area contributed by atoms with Crippen LogP contribution in [0.15, 0.2) is 16.7 Å². The van der Waals surface area contributed by atoms with Crippen molar-refractivity contribution < 1.29 is 14.0 Å². The van der Waals surface area contributed by atoms with E-state index in [1.165, 1.54) is 0 Å². The zero-order valence-electron chi connectivity index (χ0n) is 14.8. The van der Waals surface area contributed by atoms with Gasteiger partial charge in [-0.3, -0.25) is 9.80 Å². The summed E-state index contributed by atoms with van der Waals surface area (Å²) in [5, 5.41) is 4.61. The van der Waals surface area contributed by atoms with Gasteiger partial charge in [0, 0.05) is 56.3 Å². The van der Waals surface area contributed by atoms with E-state index in [9.17, 15) is 0 Å². The maximum atomic E-state index is 6.21. The van der Waals surface area contributed by atoms with E-state index in [0.717, 1.165) is 56.4 Å². The smallest absolute Gasteiger partial charge is 0.223 e. The Kier molecular flexibility index (Phi) is 5.78. The van der Waals surface area contributed by atoms with Crippen molar-refractivity contribution in [3.05, 3.63) is 34.4 Å². The van der Waals surface area contributed by atoms with Gasteiger partial charge in [0.25, 0.3) is 0 Å². The Balaban J connectivity index is 1.59. The number of piperazine rings is 1. The first-order valence-electron chi connectivity index (χ1n) is 8.23. The molecule has 0 radical (unpaired) electrons. The van der Waals surface area contributed by atoms with Crippen molar-refractivity contribution in [1.82, 2.24) is 19.9 Å². The highest BCUT2D eigenvalue weighted by atomic mass is 35.5. The van der Waals surface area contributed by atoms with Gasteiger partial charge in [-0.2, -0.15) is 4.98 Å². The third-order valence-electron chi connectivity index (χ3n) is 4.31. The fourth-order valence-corrected chi connectivity index (χ4v) is 3.31. The van der Waals surface area contributed by atoms with Crippen molar-refractivity contribution in [3.63, 3.8) is 0 Å². The molecule has 7 nitrogen and oxygen atoms in total. The monoisotopic (exact) mass is 366 g/mol. The molecule has 1 aromatic carbocycles. The van der Waals surface area contributed by atoms with Gasteiger partial charge < -0.3 is 14.0 Å². The summed E-state index contributed by atoms with van der Waals surface area (Å²) in [5.41, 5.74) is 1.04. The molecule has 1 fully saturated rings. The summed E-state index contributed by atoms with van der Waals surface area (Å²) in [4.78, 5) is 8.98. The first kappa shape index (κ1) is 18.0. The van der Waals surface area contributed by atoms with E-state index in [2.05, 4.69) is 19.9 Å². The molecule has 3 rings (SSSR count). The van der Waals surface area contributed by atoms with Crippen LogP contribution in [0.3, 0.4) is 0 Å². The highest BCUT2D eigenvalue weighted by molar-refractivity contribution is 6.30. The lowest BCUT2D eigenvalue weighted by molar-refractivity contribution is 0.118. The van der Waals surface area contributed by atoms with Gasteiger partial charge in [-0.25, -0.2) is 0 Å². The van der Waals surface area contributed by atoms with E-state index in [-0.39, 0.29) is 0 Å². The summed E-state index contributed by atoms with van der Waals surface area (Å²) in [5.74, 6) is 2.76. The van der Waals surface area contributed by atoms with Crippen molar-refractivity contribution in [1.29, 1.82) is 0 Å². The van der Waals surface area contributed by atoms with Crippen LogP contribution in [0.2, 0.25) is 5.02 Å². The van der Waals surface area contributed by atoms with Crippen LogP contribution >= 0.6 is 11.6 Å². The van der Waals surface area contributed by atoms with Crippen LogP contribution in [-0.2, 0) is 13.1 Å². The minimum atomic E-state index is 0.607. The SMILES string of the molecule is COc1cc(Cl)cc(CN2CCN(Cc3noc(C)n3)CC2)c1OC. The molecule has 2 heterocycles. The number of nitrogens with zero attached hydrogens (tertiary/aromatic N) is 4. The molecule has 0 aliphatic carbocycles. The predicted octanol–water partition coefficient (Wildman–Crippen LogP) is 2.37. The van der Waals surface area contributed by atoms with Crippen LogP contribution in [0.5, 0.6) is 11.5 Å². The van der Waals surface area contributed by atoms with Gasteiger partial charge >= 0.3 is 0 Å². The lowest BCUT2D eigenvalue weighted by Gasteiger charge is -2.34. The van der Waals surface area contributed by atoms with Crippen LogP contribution in [0.25, 0.3) is 0 Å². The molecule has 0 N–H and O–H groups in total. The van der Waals surface area contributed by atoms with Crippen LogP contribution in [0.1, 0.15) is 17.3 Å². The number of hydrogen-bond donors (Lipinski definition) is 0. The molecule has 1 saturated heterocycles. The highest BCUT2D eigenvalue weighted by Crippen LogP contribution is 2.35. The Hall–Kier alpha value is -1.83. The van der Waals surface area contributed by atoms with Crippen LogP contribution < -0.4 is 9.47 Å². The van der Waals surface area contributed by atoms with E-state index >= 15 is 0 Å². The normalized spacial score (nSPS) is 16.2. The third-order valence-corrected chi connectivity index (χ3v) is 4.53. The van der Waals surface area contributed by atoms with Gasteiger partial charge in [-0.05, 0) is 6.07 Å². The average molecular weight is 367 g/mol. The summed E-state index contributed by atoms with van der Waals surface area (Å²) in [6.45, 7) is 7.11. The minimum absolute atomic E-state index is 0.607. The average Bonchev–Trinajstić information content (AvgIpc) is 3.01. The summed E-state index contributed by atoms with van der Waals surface area (Å²) >= 11 is 6.21. The number of ether oxygens (including phenoxy) is 2. The van der Waals surface area contributed by atoms with Gasteiger partial charge in [-0.15, -0.1) is 0 Å². The third kappa shape index (κ3) is 4.42. The largest absolute Gasteiger partial charge is 0.493 e. The molecule has 0 atom stereocenters. The van der Waals surface area contributed by atoms with Crippen LogP contribution in [0.4, 0.5) is 0 Å². The molecular formula is C17H23ClN4O3.